The van der Waals surface area contributed by atoms with Crippen LogP contribution in [0.4, 0.5) is 0 Å². The van der Waals surface area contributed by atoms with Gasteiger partial charge in [0.25, 0.3) is 0 Å². The van der Waals surface area contributed by atoms with Crippen LogP contribution in [0.5, 0.6) is 5.75 Å². The van der Waals surface area contributed by atoms with E-state index in [1.807, 2.05) is 0 Å². The molecule has 0 aliphatic heterocycles. The summed E-state index contributed by atoms with van der Waals surface area (Å²) in [4.78, 5) is 0. The van der Waals surface area contributed by atoms with Gasteiger partial charge in [0.05, 0.1) is 19.2 Å². The number of benzene rings is 1. The van der Waals surface area contributed by atoms with Crippen LogP contribution in [-0.4, -0.2) is 19.2 Å². The van der Waals surface area contributed by atoms with Gasteiger partial charge < -0.3 is 10.1 Å². The van der Waals surface area contributed by atoms with Crippen LogP contribution < -0.4 is 10.1 Å². The Balaban J connectivity index is 2.32. The van der Waals surface area contributed by atoms with Crippen molar-refractivity contribution in [2.75, 3.05) is 13.2 Å². The Kier molecular flexibility index (Phi) is 6.93. The van der Waals surface area contributed by atoms with Gasteiger partial charge in [-0.25, -0.2) is 0 Å². The fraction of sp³-hybridized carbons (Fsp3) is 0.647. The molecule has 0 unspecified atom stereocenters. The van der Waals surface area contributed by atoms with Crippen LogP contribution >= 0.6 is 0 Å². The van der Waals surface area contributed by atoms with E-state index < -0.39 is 0 Å². The molecule has 0 bridgehead atoms. The van der Waals surface area contributed by atoms with E-state index in [2.05, 4.69) is 58.1 Å². The summed E-state index contributed by atoms with van der Waals surface area (Å²) in [6.07, 6.45) is 2.34. The smallest absolute Gasteiger partial charge is 0.119 e. The molecule has 1 rings (SSSR count). The highest BCUT2D eigenvalue weighted by Gasteiger charge is 2.05. The summed E-state index contributed by atoms with van der Waals surface area (Å²) in [6.45, 7) is 13.1. The number of hydrogen-bond acceptors (Lipinski definition) is 1. The molecule has 0 spiro atoms. The van der Waals surface area contributed by atoms with Gasteiger partial charge in [0.2, 0.25) is 0 Å². The predicted molar refractivity (Wildman–Crippen MR) is 81.9 cm³/mol. The monoisotopic (exact) mass is 264 g/mol. The van der Waals surface area contributed by atoms with E-state index in [9.17, 15) is 0 Å². The van der Waals surface area contributed by atoms with Crippen LogP contribution in [-0.2, 0) is 0 Å². The van der Waals surface area contributed by atoms with E-state index in [4.69, 9.17) is 4.74 Å². The van der Waals surface area contributed by atoms with E-state index in [1.54, 1.807) is 0 Å². The Morgan fingerprint density at radius 1 is 1.21 bits per heavy atom. The van der Waals surface area contributed by atoms with Gasteiger partial charge in [-0.2, -0.15) is 0 Å². The molecule has 19 heavy (non-hydrogen) atoms. The molecule has 2 N–H and O–H groups in total. The van der Waals surface area contributed by atoms with Gasteiger partial charge in [-0.3, -0.25) is 0 Å². The lowest BCUT2D eigenvalue weighted by Gasteiger charge is -2.12. The van der Waals surface area contributed by atoms with E-state index >= 15 is 0 Å². The Morgan fingerprint density at radius 3 is 2.53 bits per heavy atom. The lowest BCUT2D eigenvalue weighted by molar-refractivity contribution is -0.686. The van der Waals surface area contributed by atoms with E-state index in [0.29, 0.717) is 5.92 Å². The lowest BCUT2D eigenvalue weighted by atomic mass is 9.98. The number of ether oxygens (including phenoxy) is 1. The van der Waals surface area contributed by atoms with Gasteiger partial charge >= 0.3 is 0 Å². The van der Waals surface area contributed by atoms with Crippen molar-refractivity contribution >= 4 is 0 Å². The normalized spacial score (nSPS) is 12.7. The molecule has 2 heteroatoms. The molecule has 0 heterocycles. The molecule has 0 radical (unpaired) electrons. The number of rotatable bonds is 8. The average Bonchev–Trinajstić information content (AvgIpc) is 2.37. The first-order chi connectivity index (χ1) is 9.04. The number of nitrogens with two attached hydrogens (primary N) is 1. The minimum atomic E-state index is 0.583. The minimum absolute atomic E-state index is 0.583. The Bertz CT molecular complexity index is 374. The lowest BCUT2D eigenvalue weighted by Crippen LogP contribution is -2.89. The third kappa shape index (κ3) is 5.65. The first-order valence-corrected chi connectivity index (χ1v) is 7.61. The first kappa shape index (κ1) is 16.0. The molecule has 0 aromatic heterocycles. The van der Waals surface area contributed by atoms with Crippen LogP contribution in [0.3, 0.4) is 0 Å². The molecule has 0 saturated carbocycles. The fourth-order valence-corrected chi connectivity index (χ4v) is 2.23. The quantitative estimate of drug-likeness (QED) is 0.717. The molecule has 1 aromatic carbocycles. The summed E-state index contributed by atoms with van der Waals surface area (Å²) in [7, 11) is 0. The summed E-state index contributed by atoms with van der Waals surface area (Å²) in [5.74, 6) is 1.59. The highest BCUT2D eigenvalue weighted by Crippen LogP contribution is 2.23. The molecule has 0 aliphatic carbocycles. The Hall–Kier alpha value is -1.02. The van der Waals surface area contributed by atoms with Crippen molar-refractivity contribution in [3.8, 4) is 5.75 Å². The summed E-state index contributed by atoms with van der Waals surface area (Å²) >= 11 is 0. The molecule has 1 atom stereocenters. The molecule has 0 amide bonds. The highest BCUT2D eigenvalue weighted by atomic mass is 16.5. The Labute approximate surface area is 118 Å². The highest BCUT2D eigenvalue weighted by molar-refractivity contribution is 5.36. The van der Waals surface area contributed by atoms with Gasteiger partial charge in [0.1, 0.15) is 5.75 Å². The molecule has 2 nitrogen and oxygen atoms in total. The largest absolute Gasteiger partial charge is 0.493 e. The number of quaternary nitrogens is 1. The minimum Gasteiger partial charge on any atom is -0.493 e. The number of hydrogen-bond donors (Lipinski definition) is 1. The zero-order chi connectivity index (χ0) is 14.3. The van der Waals surface area contributed by atoms with Crippen molar-refractivity contribution in [3.05, 3.63) is 29.3 Å². The molecule has 0 aliphatic rings. The zero-order valence-electron chi connectivity index (χ0n) is 13.2. The van der Waals surface area contributed by atoms with Crippen LogP contribution in [0.15, 0.2) is 18.2 Å². The second-order valence-corrected chi connectivity index (χ2v) is 5.79. The van der Waals surface area contributed by atoms with Crippen LogP contribution in [0, 0.1) is 6.92 Å². The number of aryl methyl sites for hydroxylation is 1. The molecular formula is C17H30NO+. The second-order valence-electron chi connectivity index (χ2n) is 5.79. The van der Waals surface area contributed by atoms with E-state index in [0.717, 1.165) is 31.4 Å². The van der Waals surface area contributed by atoms with Crippen molar-refractivity contribution in [3.63, 3.8) is 0 Å². The van der Waals surface area contributed by atoms with Crippen LogP contribution in [0.1, 0.15) is 57.6 Å². The van der Waals surface area contributed by atoms with Crippen molar-refractivity contribution in [2.45, 2.75) is 59.4 Å². The summed E-state index contributed by atoms with van der Waals surface area (Å²) in [6, 6.07) is 7.18. The van der Waals surface area contributed by atoms with Gasteiger partial charge in [-0.1, -0.05) is 26.8 Å². The summed E-state index contributed by atoms with van der Waals surface area (Å²) in [5, 5.41) is 2.40. The average molecular weight is 264 g/mol. The third-order valence-corrected chi connectivity index (χ3v) is 3.69. The zero-order valence-corrected chi connectivity index (χ0v) is 13.2. The third-order valence-electron chi connectivity index (χ3n) is 3.69. The van der Waals surface area contributed by atoms with Gasteiger partial charge in [0.15, 0.2) is 0 Å². The molecular weight excluding hydrogens is 234 g/mol. The fourth-order valence-electron chi connectivity index (χ4n) is 2.23. The van der Waals surface area contributed by atoms with Crippen molar-refractivity contribution in [1.29, 1.82) is 0 Å². The first-order valence-electron chi connectivity index (χ1n) is 7.61. The molecule has 0 fully saturated rings. The van der Waals surface area contributed by atoms with Crippen molar-refractivity contribution in [1.82, 2.24) is 0 Å². The Morgan fingerprint density at radius 2 is 1.95 bits per heavy atom. The maximum atomic E-state index is 5.82. The van der Waals surface area contributed by atoms with E-state index in [-0.39, 0.29) is 0 Å². The standard InChI is InChI=1S/C17H29NO/c1-6-15(5)18-10-7-11-19-16-8-9-17(13(2)3)14(4)12-16/h8-9,12-13,15,18H,6-7,10-11H2,1-5H3/p+1/t15-/m0/s1. The predicted octanol–water partition coefficient (Wildman–Crippen LogP) is 3.25. The van der Waals surface area contributed by atoms with Crippen LogP contribution in [0.2, 0.25) is 0 Å². The second kappa shape index (κ2) is 8.21. The van der Waals surface area contributed by atoms with Crippen LogP contribution in [0.25, 0.3) is 0 Å². The maximum Gasteiger partial charge on any atom is 0.119 e. The summed E-state index contributed by atoms with van der Waals surface area (Å²) in [5.41, 5.74) is 2.75. The van der Waals surface area contributed by atoms with E-state index in [1.165, 1.54) is 17.5 Å². The van der Waals surface area contributed by atoms with Gasteiger partial charge in [-0.15, -0.1) is 0 Å². The molecule has 108 valence electrons. The van der Waals surface area contributed by atoms with Gasteiger partial charge in [0, 0.05) is 6.42 Å². The van der Waals surface area contributed by atoms with Crippen molar-refractivity contribution < 1.29 is 10.1 Å². The SMILES string of the molecule is CC[C@H](C)[NH2+]CCCOc1ccc(C(C)C)c(C)c1. The van der Waals surface area contributed by atoms with Crippen molar-refractivity contribution in [2.24, 2.45) is 0 Å². The maximum absolute atomic E-state index is 5.82. The topological polar surface area (TPSA) is 25.8 Å². The molecule has 1 aromatic rings. The molecule has 0 saturated heterocycles. The van der Waals surface area contributed by atoms with Gasteiger partial charge in [-0.05, 0) is 49.4 Å². The summed E-state index contributed by atoms with van der Waals surface area (Å²) < 4.78 is 5.82.